The minimum atomic E-state index is -3.69. The topological polar surface area (TPSA) is 91.0 Å². The van der Waals surface area contributed by atoms with E-state index in [1.54, 1.807) is 31.3 Å². The van der Waals surface area contributed by atoms with E-state index in [9.17, 15) is 12.6 Å². The summed E-state index contributed by atoms with van der Waals surface area (Å²) in [6, 6.07) is 14.2. The molecule has 2 fully saturated rings. The third kappa shape index (κ3) is 4.22. The molecule has 0 amide bonds. The zero-order chi connectivity index (χ0) is 22.1. The fraction of sp³-hybridized carbons (Fsp3) is 0.429. The number of anilines is 2. The number of piperidine rings is 1. The number of ether oxygens (including phenoxy) is 1. The van der Waals surface area contributed by atoms with Crippen molar-refractivity contribution in [3.63, 3.8) is 0 Å². The van der Waals surface area contributed by atoms with Crippen molar-refractivity contribution in [3.8, 4) is 0 Å². The third-order valence-corrected chi connectivity index (χ3v) is 9.41. The summed E-state index contributed by atoms with van der Waals surface area (Å²) in [6.45, 7) is 1.67. The van der Waals surface area contributed by atoms with Gasteiger partial charge in [0.25, 0.3) is 0 Å². The van der Waals surface area contributed by atoms with Gasteiger partial charge in [0.05, 0.1) is 16.4 Å². The first-order chi connectivity index (χ1) is 14.9. The van der Waals surface area contributed by atoms with Gasteiger partial charge in [0, 0.05) is 57.9 Å². The number of rotatable bonds is 6. The lowest BCUT2D eigenvalue weighted by molar-refractivity contribution is -0.0802. The monoisotopic (exact) mass is 464 g/mol. The van der Waals surface area contributed by atoms with E-state index < -0.39 is 26.7 Å². The van der Waals surface area contributed by atoms with Crippen LogP contribution in [0.4, 0.5) is 11.4 Å². The van der Waals surface area contributed by atoms with Crippen molar-refractivity contribution in [3.05, 3.63) is 48.5 Å². The number of hydrogen-bond donors (Lipinski definition) is 2. The summed E-state index contributed by atoms with van der Waals surface area (Å²) in [5, 5.41) is 6.05. The summed E-state index contributed by atoms with van der Waals surface area (Å²) < 4.78 is 49.1. The summed E-state index contributed by atoms with van der Waals surface area (Å²) in [6.07, 6.45) is 0.947. The van der Waals surface area contributed by atoms with Gasteiger partial charge in [-0.1, -0.05) is 0 Å². The molecular weight excluding hydrogens is 436 g/mol. The predicted octanol–water partition coefficient (Wildman–Crippen LogP) is 2.31. The molecule has 0 saturated carbocycles. The third-order valence-electron chi connectivity index (χ3n) is 5.93. The molecule has 2 N–H and O–H groups in total. The van der Waals surface area contributed by atoms with Crippen molar-refractivity contribution in [2.75, 3.05) is 51.0 Å². The molecule has 168 valence electrons. The number of nitrogens with one attached hydrogen (secondary N) is 2. The second kappa shape index (κ2) is 8.87. The molecule has 0 radical (unpaired) electrons. The number of nitrogens with zero attached hydrogens (tertiary/aromatic N) is 2. The summed E-state index contributed by atoms with van der Waals surface area (Å²) in [5.41, 5.74) is 0.933. The average Bonchev–Trinajstić information content (AvgIpc) is 3.23. The Morgan fingerprint density at radius 2 is 1.45 bits per heavy atom. The first-order valence-electron chi connectivity index (χ1n) is 10.3. The number of sulfonamides is 1. The maximum atomic E-state index is 13.4. The molecule has 31 heavy (non-hydrogen) atoms. The SMILES string of the molecule is CNc1ccc(S(=O)N2CCC3(CC2)OCCN3S(=O)(=O)c2ccc(NC)cc2)cc1. The zero-order valence-electron chi connectivity index (χ0n) is 17.7. The highest BCUT2D eigenvalue weighted by atomic mass is 32.2. The Bertz CT molecular complexity index is 1030. The molecule has 4 rings (SSSR count). The minimum absolute atomic E-state index is 0.256. The summed E-state index contributed by atoms with van der Waals surface area (Å²) in [4.78, 5) is 0.989. The largest absolute Gasteiger partial charge is 0.388 e. The lowest BCUT2D eigenvalue weighted by atomic mass is 10.0. The molecule has 2 aromatic rings. The Morgan fingerprint density at radius 1 is 0.903 bits per heavy atom. The maximum Gasteiger partial charge on any atom is 0.245 e. The van der Waals surface area contributed by atoms with Gasteiger partial charge in [-0.15, -0.1) is 0 Å². The number of hydrogen-bond acceptors (Lipinski definition) is 6. The van der Waals surface area contributed by atoms with E-state index >= 15 is 0 Å². The average molecular weight is 465 g/mol. The fourth-order valence-electron chi connectivity index (χ4n) is 4.14. The van der Waals surface area contributed by atoms with Crippen LogP contribution in [0.2, 0.25) is 0 Å². The van der Waals surface area contributed by atoms with Gasteiger partial charge in [-0.3, -0.25) is 0 Å². The van der Waals surface area contributed by atoms with Gasteiger partial charge < -0.3 is 15.4 Å². The van der Waals surface area contributed by atoms with Crippen LogP contribution >= 0.6 is 0 Å². The van der Waals surface area contributed by atoms with E-state index in [1.807, 2.05) is 35.6 Å². The van der Waals surface area contributed by atoms with E-state index in [1.165, 1.54) is 4.31 Å². The van der Waals surface area contributed by atoms with Crippen molar-refractivity contribution in [1.29, 1.82) is 0 Å². The smallest absolute Gasteiger partial charge is 0.245 e. The quantitative estimate of drug-likeness (QED) is 0.682. The molecule has 1 spiro atoms. The Balaban J connectivity index is 1.49. The second-order valence-electron chi connectivity index (χ2n) is 7.60. The molecule has 1 unspecified atom stereocenters. The van der Waals surface area contributed by atoms with Gasteiger partial charge in [-0.2, -0.15) is 4.31 Å². The first kappa shape index (κ1) is 22.2. The highest BCUT2D eigenvalue weighted by molar-refractivity contribution is 7.89. The van der Waals surface area contributed by atoms with E-state index in [-0.39, 0.29) is 4.90 Å². The summed E-state index contributed by atoms with van der Waals surface area (Å²) in [7, 11) is -1.35. The van der Waals surface area contributed by atoms with Crippen LogP contribution in [0.25, 0.3) is 0 Å². The van der Waals surface area contributed by atoms with Gasteiger partial charge in [0.2, 0.25) is 10.0 Å². The van der Waals surface area contributed by atoms with Crippen LogP contribution in [0.5, 0.6) is 0 Å². The predicted molar refractivity (Wildman–Crippen MR) is 122 cm³/mol. The van der Waals surface area contributed by atoms with E-state index in [0.717, 1.165) is 16.3 Å². The van der Waals surface area contributed by atoms with Gasteiger partial charge in [0.1, 0.15) is 16.7 Å². The van der Waals surface area contributed by atoms with Gasteiger partial charge in [0.15, 0.2) is 0 Å². The maximum absolute atomic E-state index is 13.4. The zero-order valence-corrected chi connectivity index (χ0v) is 19.3. The van der Waals surface area contributed by atoms with E-state index in [4.69, 9.17) is 4.74 Å². The Labute approximate surface area is 186 Å². The molecule has 1 atom stereocenters. The molecule has 0 aliphatic carbocycles. The van der Waals surface area contributed by atoms with E-state index in [2.05, 4.69) is 10.6 Å². The minimum Gasteiger partial charge on any atom is -0.388 e. The van der Waals surface area contributed by atoms with Crippen LogP contribution in [0.1, 0.15) is 12.8 Å². The van der Waals surface area contributed by atoms with Crippen molar-refractivity contribution >= 4 is 32.4 Å². The van der Waals surface area contributed by atoms with Crippen LogP contribution < -0.4 is 10.6 Å². The molecule has 2 aliphatic rings. The first-order valence-corrected chi connectivity index (χ1v) is 12.8. The molecule has 2 aromatic carbocycles. The highest BCUT2D eigenvalue weighted by Crippen LogP contribution is 2.39. The molecule has 2 heterocycles. The number of benzene rings is 2. The fourth-order valence-corrected chi connectivity index (χ4v) is 7.04. The Morgan fingerprint density at radius 3 is 2.00 bits per heavy atom. The van der Waals surface area contributed by atoms with Crippen molar-refractivity contribution in [1.82, 2.24) is 8.61 Å². The van der Waals surface area contributed by atoms with E-state index in [0.29, 0.717) is 39.1 Å². The van der Waals surface area contributed by atoms with Crippen molar-refractivity contribution < 1.29 is 17.4 Å². The standard InChI is InChI=1S/C21H28N4O4S2/c1-22-17-3-7-19(8-4-17)30(26)24-13-11-21(12-14-24)25(15-16-29-21)31(27,28)20-9-5-18(23-2)6-10-20/h3-10,22-23H,11-16H2,1-2H3. The normalized spacial score (nSPS) is 20.6. The van der Waals surface area contributed by atoms with Crippen molar-refractivity contribution in [2.45, 2.75) is 28.4 Å². The Kier molecular flexibility index (Phi) is 6.36. The van der Waals surface area contributed by atoms with Crippen LogP contribution in [-0.2, 0) is 25.7 Å². The molecule has 2 saturated heterocycles. The van der Waals surface area contributed by atoms with Crippen molar-refractivity contribution in [2.24, 2.45) is 0 Å². The second-order valence-corrected chi connectivity index (χ2v) is 10.9. The lowest BCUT2D eigenvalue weighted by Crippen LogP contribution is -2.54. The van der Waals surface area contributed by atoms with Gasteiger partial charge in [-0.25, -0.2) is 16.9 Å². The molecule has 0 aromatic heterocycles. The molecule has 0 bridgehead atoms. The molecule has 8 nitrogen and oxygen atoms in total. The molecular formula is C21H28N4O4S2. The highest BCUT2D eigenvalue weighted by Gasteiger charge is 2.51. The lowest BCUT2D eigenvalue weighted by Gasteiger charge is -2.42. The molecule has 10 heteroatoms. The summed E-state index contributed by atoms with van der Waals surface area (Å²) >= 11 is 0. The summed E-state index contributed by atoms with van der Waals surface area (Å²) in [5.74, 6) is 0. The Hall–Kier alpha value is -1.98. The van der Waals surface area contributed by atoms with Crippen LogP contribution in [-0.4, -0.2) is 67.3 Å². The molecule has 2 aliphatic heterocycles. The van der Waals surface area contributed by atoms with Crippen LogP contribution in [0, 0.1) is 0 Å². The van der Waals surface area contributed by atoms with Gasteiger partial charge in [-0.05, 0) is 48.5 Å². The van der Waals surface area contributed by atoms with Gasteiger partial charge >= 0.3 is 0 Å². The van der Waals surface area contributed by atoms with Crippen LogP contribution in [0.3, 0.4) is 0 Å². The van der Waals surface area contributed by atoms with Crippen LogP contribution in [0.15, 0.2) is 58.3 Å².